The van der Waals surface area contributed by atoms with Crippen LogP contribution in [-0.4, -0.2) is 29.5 Å². The Morgan fingerprint density at radius 2 is 2.39 bits per heavy atom. The molecule has 2 rings (SSSR count). The fourth-order valence-electron chi connectivity index (χ4n) is 2.44. The van der Waals surface area contributed by atoms with E-state index in [0.717, 1.165) is 38.2 Å². The molecule has 2 heterocycles. The smallest absolute Gasteiger partial charge is 0.363 e. The Morgan fingerprint density at radius 3 is 3.00 bits per heavy atom. The van der Waals surface area contributed by atoms with Crippen LogP contribution in [-0.2, 0) is 0 Å². The van der Waals surface area contributed by atoms with E-state index in [-0.39, 0.29) is 5.82 Å². The highest BCUT2D eigenvalue weighted by molar-refractivity contribution is 5.46. The highest BCUT2D eigenvalue weighted by Gasteiger charge is 2.20. The van der Waals surface area contributed by atoms with E-state index in [1.807, 2.05) is 0 Å². The zero-order valence-corrected chi connectivity index (χ0v) is 10.3. The number of aromatic nitrogens is 1. The molecule has 98 valence electrons. The van der Waals surface area contributed by atoms with Crippen LogP contribution in [0.4, 0.5) is 11.5 Å². The van der Waals surface area contributed by atoms with Crippen LogP contribution in [0.3, 0.4) is 0 Å². The summed E-state index contributed by atoms with van der Waals surface area (Å²) < 4.78 is 0. The summed E-state index contributed by atoms with van der Waals surface area (Å²) in [5, 5.41) is 10.5. The fraction of sp³-hybridized carbons (Fsp3) is 0.583. The van der Waals surface area contributed by atoms with E-state index in [4.69, 9.17) is 5.73 Å². The van der Waals surface area contributed by atoms with Gasteiger partial charge in [-0.15, -0.1) is 0 Å². The number of anilines is 1. The molecule has 1 aromatic heterocycles. The van der Waals surface area contributed by atoms with Crippen molar-refractivity contribution in [2.24, 2.45) is 11.7 Å². The van der Waals surface area contributed by atoms with Gasteiger partial charge in [0.15, 0.2) is 6.20 Å². The van der Waals surface area contributed by atoms with E-state index in [1.54, 1.807) is 12.3 Å². The second kappa shape index (κ2) is 5.77. The minimum Gasteiger partial charge on any atom is -0.368 e. The summed E-state index contributed by atoms with van der Waals surface area (Å²) in [5.74, 6) is 0.521. The van der Waals surface area contributed by atoms with E-state index in [9.17, 15) is 10.1 Å². The summed E-state index contributed by atoms with van der Waals surface area (Å²) in [6.07, 6.45) is 4.98. The summed E-state index contributed by atoms with van der Waals surface area (Å²) >= 11 is 0. The van der Waals surface area contributed by atoms with Gasteiger partial charge in [0.2, 0.25) is 0 Å². The van der Waals surface area contributed by atoms with Crippen molar-refractivity contribution in [3.05, 3.63) is 28.4 Å². The maximum atomic E-state index is 10.5. The van der Waals surface area contributed by atoms with Gasteiger partial charge in [-0.1, -0.05) is 0 Å². The highest BCUT2D eigenvalue weighted by atomic mass is 16.6. The molecule has 0 aliphatic carbocycles. The molecule has 0 aromatic carbocycles. The Labute approximate surface area is 106 Å². The van der Waals surface area contributed by atoms with Crippen molar-refractivity contribution in [3.63, 3.8) is 0 Å². The monoisotopic (exact) mass is 250 g/mol. The van der Waals surface area contributed by atoms with Gasteiger partial charge in [-0.3, -0.25) is 0 Å². The van der Waals surface area contributed by atoms with Gasteiger partial charge in [-0.25, -0.2) is 0 Å². The van der Waals surface area contributed by atoms with Crippen LogP contribution in [0, 0.1) is 16.0 Å². The summed E-state index contributed by atoms with van der Waals surface area (Å²) in [6, 6.07) is 3.23. The highest BCUT2D eigenvalue weighted by Crippen LogP contribution is 2.25. The molecule has 0 saturated carbocycles. The second-order valence-corrected chi connectivity index (χ2v) is 4.66. The largest absolute Gasteiger partial charge is 0.368 e. The Hall–Kier alpha value is -1.69. The Bertz CT molecular complexity index is 405. The third-order valence-corrected chi connectivity index (χ3v) is 3.38. The van der Waals surface area contributed by atoms with E-state index in [2.05, 4.69) is 9.88 Å². The van der Waals surface area contributed by atoms with Gasteiger partial charge in [-0.05, 0) is 47.7 Å². The summed E-state index contributed by atoms with van der Waals surface area (Å²) in [7, 11) is 0. The van der Waals surface area contributed by atoms with Gasteiger partial charge in [0, 0.05) is 19.2 Å². The molecule has 1 aliphatic rings. The number of nitrogens with two attached hydrogens (primary N) is 1. The third-order valence-electron chi connectivity index (χ3n) is 3.38. The maximum Gasteiger partial charge on any atom is 0.363 e. The summed E-state index contributed by atoms with van der Waals surface area (Å²) in [6.45, 7) is 2.67. The molecule has 1 aromatic rings. The van der Waals surface area contributed by atoms with Crippen molar-refractivity contribution in [3.8, 4) is 0 Å². The normalized spacial score (nSPS) is 19.8. The standard InChI is InChI=1S/C12H18N4O2/c13-6-5-10-2-1-7-15(9-10)11-3-4-12(14-8-11)16(17)18/h3-4,8,10H,1-2,5-7,9,13H2. The molecule has 1 atom stereocenters. The first-order valence-corrected chi connectivity index (χ1v) is 6.26. The van der Waals surface area contributed by atoms with Crippen molar-refractivity contribution < 1.29 is 4.92 Å². The lowest BCUT2D eigenvalue weighted by molar-refractivity contribution is -0.389. The van der Waals surface area contributed by atoms with Crippen LogP contribution in [0.15, 0.2) is 18.3 Å². The molecule has 1 saturated heterocycles. The number of nitrogens with zero attached hydrogens (tertiary/aromatic N) is 3. The van der Waals surface area contributed by atoms with Gasteiger partial charge in [0.25, 0.3) is 0 Å². The third kappa shape index (κ3) is 2.95. The average Bonchev–Trinajstić information content (AvgIpc) is 2.39. The van der Waals surface area contributed by atoms with Gasteiger partial charge in [0.1, 0.15) is 0 Å². The van der Waals surface area contributed by atoms with Crippen molar-refractivity contribution in [1.29, 1.82) is 0 Å². The van der Waals surface area contributed by atoms with Crippen molar-refractivity contribution >= 4 is 11.5 Å². The van der Waals surface area contributed by atoms with E-state index < -0.39 is 4.92 Å². The number of pyridine rings is 1. The van der Waals surface area contributed by atoms with Crippen molar-refractivity contribution in [1.82, 2.24) is 4.98 Å². The van der Waals surface area contributed by atoms with Crippen molar-refractivity contribution in [2.45, 2.75) is 19.3 Å². The fourth-order valence-corrected chi connectivity index (χ4v) is 2.44. The number of rotatable bonds is 4. The molecule has 6 heteroatoms. The van der Waals surface area contributed by atoms with E-state index >= 15 is 0 Å². The molecule has 0 amide bonds. The first-order valence-electron chi connectivity index (χ1n) is 6.26. The van der Waals surface area contributed by atoms with Crippen LogP contribution in [0.25, 0.3) is 0 Å². The predicted octanol–water partition coefficient (Wildman–Crippen LogP) is 1.56. The molecule has 18 heavy (non-hydrogen) atoms. The van der Waals surface area contributed by atoms with Crippen LogP contribution < -0.4 is 10.6 Å². The zero-order valence-electron chi connectivity index (χ0n) is 10.3. The molecule has 1 fully saturated rings. The van der Waals surface area contributed by atoms with Crippen LogP contribution in [0.1, 0.15) is 19.3 Å². The average molecular weight is 250 g/mol. The molecule has 6 nitrogen and oxygen atoms in total. The molecule has 0 bridgehead atoms. The Kier molecular flexibility index (Phi) is 4.09. The minimum absolute atomic E-state index is 0.103. The Morgan fingerprint density at radius 1 is 1.56 bits per heavy atom. The van der Waals surface area contributed by atoms with Crippen molar-refractivity contribution in [2.75, 3.05) is 24.5 Å². The van der Waals surface area contributed by atoms with Gasteiger partial charge >= 0.3 is 5.82 Å². The lowest BCUT2D eigenvalue weighted by Gasteiger charge is -2.33. The predicted molar refractivity (Wildman–Crippen MR) is 69.5 cm³/mol. The molecule has 2 N–H and O–H groups in total. The topological polar surface area (TPSA) is 85.3 Å². The molecule has 1 aliphatic heterocycles. The quantitative estimate of drug-likeness (QED) is 0.647. The summed E-state index contributed by atoms with van der Waals surface area (Å²) in [4.78, 5) is 16.2. The molecule has 0 spiro atoms. The SMILES string of the molecule is NCCC1CCCN(c2ccc([N+](=O)[O-])nc2)C1. The number of hydrogen-bond acceptors (Lipinski definition) is 5. The summed E-state index contributed by atoms with van der Waals surface area (Å²) in [5.41, 5.74) is 6.55. The van der Waals surface area contributed by atoms with Gasteiger partial charge < -0.3 is 20.7 Å². The number of nitro groups is 1. The lowest BCUT2D eigenvalue weighted by atomic mass is 9.94. The number of piperidine rings is 1. The van der Waals surface area contributed by atoms with Crippen LogP contribution >= 0.6 is 0 Å². The van der Waals surface area contributed by atoms with E-state index in [1.165, 1.54) is 12.5 Å². The zero-order chi connectivity index (χ0) is 13.0. The first-order chi connectivity index (χ1) is 8.70. The van der Waals surface area contributed by atoms with Gasteiger partial charge in [0.05, 0.1) is 5.69 Å². The van der Waals surface area contributed by atoms with E-state index in [0.29, 0.717) is 5.92 Å². The lowest BCUT2D eigenvalue weighted by Crippen LogP contribution is -2.36. The molecular weight excluding hydrogens is 232 g/mol. The molecule has 0 radical (unpaired) electrons. The van der Waals surface area contributed by atoms with Crippen LogP contribution in [0.2, 0.25) is 0 Å². The van der Waals surface area contributed by atoms with Gasteiger partial charge in [-0.2, -0.15) is 0 Å². The number of hydrogen-bond donors (Lipinski definition) is 1. The Balaban J connectivity index is 2.04. The molecular formula is C12H18N4O2. The molecule has 1 unspecified atom stereocenters. The second-order valence-electron chi connectivity index (χ2n) is 4.66. The van der Waals surface area contributed by atoms with Crippen LogP contribution in [0.5, 0.6) is 0 Å². The minimum atomic E-state index is -0.475. The first kappa shape index (κ1) is 12.8. The maximum absolute atomic E-state index is 10.5.